The fourth-order valence-corrected chi connectivity index (χ4v) is 5.24. The first-order valence-electron chi connectivity index (χ1n) is 11.6. The Kier molecular flexibility index (Phi) is 6.15. The third kappa shape index (κ3) is 3.97. The summed E-state index contributed by atoms with van der Waals surface area (Å²) in [4.78, 5) is 14.8. The van der Waals surface area contributed by atoms with Crippen molar-refractivity contribution in [3.8, 4) is 34.2 Å². The zero-order valence-electron chi connectivity index (χ0n) is 19.5. The van der Waals surface area contributed by atoms with E-state index in [-0.39, 0.29) is 0 Å². The Morgan fingerprint density at radius 3 is 1.68 bits per heavy atom. The molecule has 0 radical (unpaired) electrons. The Labute approximate surface area is 203 Å². The van der Waals surface area contributed by atoms with E-state index in [1.807, 2.05) is 85.8 Å². The van der Waals surface area contributed by atoms with E-state index in [4.69, 9.17) is 15.0 Å². The molecule has 4 aromatic carbocycles. The van der Waals surface area contributed by atoms with Crippen LogP contribution in [0, 0.1) is 6.92 Å². The Hall–Kier alpha value is -3.89. The van der Waals surface area contributed by atoms with Gasteiger partial charge in [-0.3, -0.25) is 0 Å². The van der Waals surface area contributed by atoms with Gasteiger partial charge in [-0.2, -0.15) is 0 Å². The number of hydrogen-bond donors (Lipinski definition) is 0. The third-order valence-corrected chi connectivity index (χ3v) is 6.81. The molecule has 0 atom stereocenters. The van der Waals surface area contributed by atoms with Gasteiger partial charge in [-0.1, -0.05) is 98.8 Å². The molecule has 0 spiro atoms. The molecule has 0 aliphatic carbocycles. The summed E-state index contributed by atoms with van der Waals surface area (Å²) in [6.45, 7) is 6.13. The Balaban J connectivity index is 0.00000117. The molecule has 2 heterocycles. The van der Waals surface area contributed by atoms with E-state index < -0.39 is 0 Å². The molecule has 3 nitrogen and oxygen atoms in total. The standard InChI is InChI=1S/C28H19N3S.C2H6/c1-18-16-17-23-25(21-14-8-9-15-22(21)32-23)24(18)28-30-26(19-10-4-2-5-11-19)29-27(31-28)20-12-6-3-7-13-20;1-2/h2-17H,1H3;1-2H3. The van der Waals surface area contributed by atoms with Crippen LogP contribution in [0.15, 0.2) is 97.1 Å². The summed E-state index contributed by atoms with van der Waals surface area (Å²) in [6, 6.07) is 33.2. The van der Waals surface area contributed by atoms with Gasteiger partial charge in [-0.05, 0) is 24.6 Å². The number of rotatable bonds is 3. The van der Waals surface area contributed by atoms with E-state index in [9.17, 15) is 0 Å². The molecule has 34 heavy (non-hydrogen) atoms. The van der Waals surface area contributed by atoms with Gasteiger partial charge in [0.2, 0.25) is 0 Å². The molecule has 0 unspecified atom stereocenters. The molecule has 0 aliphatic rings. The lowest BCUT2D eigenvalue weighted by Crippen LogP contribution is -2.01. The summed E-state index contributed by atoms with van der Waals surface area (Å²) >= 11 is 1.81. The molecule has 2 aromatic heterocycles. The average Bonchev–Trinajstić information content (AvgIpc) is 3.29. The molecule has 6 rings (SSSR count). The summed E-state index contributed by atoms with van der Waals surface area (Å²) in [5.41, 5.74) is 4.20. The van der Waals surface area contributed by atoms with E-state index in [0.29, 0.717) is 17.5 Å². The molecular weight excluding hydrogens is 434 g/mol. The Bertz CT molecular complexity index is 1510. The predicted octanol–water partition coefficient (Wildman–Crippen LogP) is 8.58. The normalized spacial score (nSPS) is 10.8. The van der Waals surface area contributed by atoms with Crippen molar-refractivity contribution >= 4 is 31.5 Å². The molecule has 0 saturated heterocycles. The van der Waals surface area contributed by atoms with E-state index in [2.05, 4.69) is 43.3 Å². The van der Waals surface area contributed by atoms with Gasteiger partial charge in [0.1, 0.15) is 0 Å². The molecule has 0 amide bonds. The molecule has 0 aliphatic heterocycles. The summed E-state index contributed by atoms with van der Waals surface area (Å²) in [7, 11) is 0. The molecule has 0 fully saturated rings. The zero-order valence-corrected chi connectivity index (χ0v) is 20.3. The number of benzene rings is 4. The topological polar surface area (TPSA) is 38.7 Å². The molecule has 4 heteroatoms. The minimum atomic E-state index is 0.686. The van der Waals surface area contributed by atoms with E-state index in [0.717, 1.165) is 22.3 Å². The fraction of sp³-hybridized carbons (Fsp3) is 0.100. The number of aryl methyl sites for hydroxylation is 1. The molecule has 0 N–H and O–H groups in total. The first kappa shape index (κ1) is 21.9. The maximum absolute atomic E-state index is 4.98. The van der Waals surface area contributed by atoms with Crippen LogP contribution < -0.4 is 0 Å². The lowest BCUT2D eigenvalue weighted by Gasteiger charge is -2.11. The van der Waals surface area contributed by atoms with Crippen molar-refractivity contribution in [3.05, 3.63) is 103 Å². The summed E-state index contributed by atoms with van der Waals surface area (Å²) in [6.07, 6.45) is 0. The molecule has 6 aromatic rings. The lowest BCUT2D eigenvalue weighted by molar-refractivity contribution is 1.07. The first-order chi connectivity index (χ1) is 16.8. The van der Waals surface area contributed by atoms with Crippen LogP contribution in [0.4, 0.5) is 0 Å². The van der Waals surface area contributed by atoms with Crippen molar-refractivity contribution in [2.75, 3.05) is 0 Å². The van der Waals surface area contributed by atoms with E-state index >= 15 is 0 Å². The van der Waals surface area contributed by atoms with Crippen LogP contribution in [0.3, 0.4) is 0 Å². The van der Waals surface area contributed by atoms with Gasteiger partial charge in [-0.25, -0.2) is 15.0 Å². The first-order valence-corrected chi connectivity index (χ1v) is 12.4. The molecule has 0 saturated carbocycles. The van der Waals surface area contributed by atoms with Crippen molar-refractivity contribution in [1.82, 2.24) is 15.0 Å². The van der Waals surface area contributed by atoms with Crippen LogP contribution in [-0.2, 0) is 0 Å². The van der Waals surface area contributed by atoms with Crippen molar-refractivity contribution in [3.63, 3.8) is 0 Å². The van der Waals surface area contributed by atoms with E-state index in [1.54, 1.807) is 0 Å². The van der Waals surface area contributed by atoms with Crippen LogP contribution >= 0.6 is 11.3 Å². The maximum atomic E-state index is 4.98. The number of aromatic nitrogens is 3. The van der Waals surface area contributed by atoms with Crippen molar-refractivity contribution in [1.29, 1.82) is 0 Å². The van der Waals surface area contributed by atoms with Gasteiger partial charge in [0.05, 0.1) is 0 Å². The second-order valence-electron chi connectivity index (χ2n) is 7.77. The van der Waals surface area contributed by atoms with Crippen molar-refractivity contribution < 1.29 is 0 Å². The predicted molar refractivity (Wildman–Crippen MR) is 145 cm³/mol. The number of hydrogen-bond acceptors (Lipinski definition) is 4. The summed E-state index contributed by atoms with van der Waals surface area (Å²) < 4.78 is 2.52. The second kappa shape index (κ2) is 9.54. The highest BCUT2D eigenvalue weighted by Gasteiger charge is 2.18. The van der Waals surface area contributed by atoms with Crippen LogP contribution in [0.5, 0.6) is 0 Å². The average molecular weight is 460 g/mol. The Morgan fingerprint density at radius 1 is 0.529 bits per heavy atom. The van der Waals surface area contributed by atoms with Crippen LogP contribution in [0.25, 0.3) is 54.3 Å². The van der Waals surface area contributed by atoms with Crippen molar-refractivity contribution in [2.24, 2.45) is 0 Å². The minimum Gasteiger partial charge on any atom is -0.208 e. The Morgan fingerprint density at radius 2 is 1.06 bits per heavy atom. The quantitative estimate of drug-likeness (QED) is 0.266. The smallest absolute Gasteiger partial charge is 0.165 e. The summed E-state index contributed by atoms with van der Waals surface area (Å²) in [5, 5.41) is 2.46. The van der Waals surface area contributed by atoms with Crippen LogP contribution in [0.2, 0.25) is 0 Å². The molecular formula is C30H25N3S. The number of fused-ring (bicyclic) bond motifs is 3. The SMILES string of the molecule is CC.Cc1ccc2sc3ccccc3c2c1-c1nc(-c2ccccc2)nc(-c2ccccc2)n1. The number of thiophene rings is 1. The largest absolute Gasteiger partial charge is 0.208 e. The minimum absolute atomic E-state index is 0.686. The van der Waals surface area contributed by atoms with Crippen molar-refractivity contribution in [2.45, 2.75) is 20.8 Å². The highest BCUT2D eigenvalue weighted by molar-refractivity contribution is 7.25. The van der Waals surface area contributed by atoms with Gasteiger partial charge >= 0.3 is 0 Å². The van der Waals surface area contributed by atoms with Gasteiger partial charge in [-0.15, -0.1) is 11.3 Å². The fourth-order valence-electron chi connectivity index (χ4n) is 4.13. The van der Waals surface area contributed by atoms with Gasteiger partial charge in [0.15, 0.2) is 17.5 Å². The highest BCUT2D eigenvalue weighted by atomic mass is 32.1. The van der Waals surface area contributed by atoms with Crippen LogP contribution in [0.1, 0.15) is 19.4 Å². The lowest BCUT2D eigenvalue weighted by atomic mass is 10.0. The third-order valence-electron chi connectivity index (χ3n) is 5.67. The monoisotopic (exact) mass is 459 g/mol. The molecule has 0 bridgehead atoms. The summed E-state index contributed by atoms with van der Waals surface area (Å²) in [5.74, 6) is 2.08. The van der Waals surface area contributed by atoms with Gasteiger partial charge in [0.25, 0.3) is 0 Å². The second-order valence-corrected chi connectivity index (χ2v) is 8.85. The maximum Gasteiger partial charge on any atom is 0.165 e. The number of nitrogens with zero attached hydrogens (tertiary/aromatic N) is 3. The van der Waals surface area contributed by atoms with Gasteiger partial charge in [0, 0.05) is 36.9 Å². The highest BCUT2D eigenvalue weighted by Crippen LogP contribution is 2.41. The van der Waals surface area contributed by atoms with Crippen LogP contribution in [-0.4, -0.2) is 15.0 Å². The van der Waals surface area contributed by atoms with Gasteiger partial charge < -0.3 is 0 Å². The van der Waals surface area contributed by atoms with E-state index in [1.165, 1.54) is 20.2 Å². The molecule has 166 valence electrons. The zero-order chi connectivity index (χ0) is 23.5.